The van der Waals surface area contributed by atoms with E-state index < -0.39 is 10.8 Å². The van der Waals surface area contributed by atoms with Gasteiger partial charge in [0.05, 0.1) is 12.2 Å². The van der Waals surface area contributed by atoms with E-state index in [0.717, 1.165) is 25.8 Å². The molecule has 0 saturated carbocycles. The fourth-order valence-electron chi connectivity index (χ4n) is 2.39. The molecule has 106 valence electrons. The van der Waals surface area contributed by atoms with Crippen LogP contribution in [0.25, 0.3) is 0 Å². The number of hydrogen-bond donors (Lipinski definition) is 1. The number of carbonyl (C=O) groups is 1. The Kier molecular flexibility index (Phi) is 6.29. The van der Waals surface area contributed by atoms with Gasteiger partial charge >= 0.3 is 0 Å². The molecule has 1 aliphatic rings. The van der Waals surface area contributed by atoms with Crippen molar-refractivity contribution in [2.75, 3.05) is 18.6 Å². The Morgan fingerprint density at radius 1 is 1.44 bits per heavy atom. The van der Waals surface area contributed by atoms with Crippen molar-refractivity contribution >= 4 is 16.7 Å². The van der Waals surface area contributed by atoms with Gasteiger partial charge in [0.2, 0.25) is 5.91 Å². The monoisotopic (exact) mass is 274 g/mol. The number of nitrogens with zero attached hydrogens (tertiary/aromatic N) is 1. The molecule has 1 saturated heterocycles. The SMILES string of the molecule is CCC(C)C1NC(CC)N(CCCS(C)=O)C1=O. The zero-order chi connectivity index (χ0) is 13.7. The van der Waals surface area contributed by atoms with Crippen LogP contribution in [0.4, 0.5) is 0 Å². The molecule has 4 unspecified atom stereocenters. The fraction of sp³-hybridized carbons (Fsp3) is 0.923. The Bertz CT molecular complexity index is 309. The van der Waals surface area contributed by atoms with E-state index in [0.29, 0.717) is 11.7 Å². The lowest BCUT2D eigenvalue weighted by Crippen LogP contribution is -2.37. The minimum Gasteiger partial charge on any atom is -0.326 e. The van der Waals surface area contributed by atoms with Crippen LogP contribution in [0.5, 0.6) is 0 Å². The molecule has 0 radical (unpaired) electrons. The zero-order valence-electron chi connectivity index (χ0n) is 11.9. The quantitative estimate of drug-likeness (QED) is 0.762. The maximum Gasteiger partial charge on any atom is 0.241 e. The van der Waals surface area contributed by atoms with Crippen LogP contribution in [0.15, 0.2) is 0 Å². The van der Waals surface area contributed by atoms with Crippen LogP contribution in [0.1, 0.15) is 40.0 Å². The van der Waals surface area contributed by atoms with E-state index >= 15 is 0 Å². The third kappa shape index (κ3) is 3.79. The highest BCUT2D eigenvalue weighted by atomic mass is 32.2. The number of amides is 1. The third-order valence-electron chi connectivity index (χ3n) is 3.73. The second-order valence-corrected chi connectivity index (χ2v) is 6.67. The van der Waals surface area contributed by atoms with Gasteiger partial charge in [-0.1, -0.05) is 27.2 Å². The molecule has 1 aliphatic heterocycles. The van der Waals surface area contributed by atoms with Gasteiger partial charge in [0.15, 0.2) is 0 Å². The molecule has 18 heavy (non-hydrogen) atoms. The van der Waals surface area contributed by atoms with E-state index in [9.17, 15) is 9.00 Å². The number of carbonyl (C=O) groups excluding carboxylic acids is 1. The van der Waals surface area contributed by atoms with Crippen LogP contribution in [-0.4, -0.2) is 45.8 Å². The van der Waals surface area contributed by atoms with Crippen molar-refractivity contribution in [3.8, 4) is 0 Å². The Morgan fingerprint density at radius 3 is 2.61 bits per heavy atom. The fourth-order valence-corrected chi connectivity index (χ4v) is 2.92. The van der Waals surface area contributed by atoms with Gasteiger partial charge in [-0.15, -0.1) is 0 Å². The summed E-state index contributed by atoms with van der Waals surface area (Å²) in [4.78, 5) is 14.3. The molecule has 0 aromatic heterocycles. The average molecular weight is 274 g/mol. The van der Waals surface area contributed by atoms with Crippen molar-refractivity contribution in [2.24, 2.45) is 5.92 Å². The lowest BCUT2D eigenvalue weighted by Gasteiger charge is -2.22. The Balaban J connectivity index is 2.59. The molecule has 4 atom stereocenters. The van der Waals surface area contributed by atoms with Crippen molar-refractivity contribution in [1.82, 2.24) is 10.2 Å². The Hall–Kier alpha value is -0.420. The largest absolute Gasteiger partial charge is 0.326 e. The second-order valence-electron chi connectivity index (χ2n) is 5.12. The molecule has 4 nitrogen and oxygen atoms in total. The molecule has 1 fully saturated rings. The second kappa shape index (κ2) is 7.24. The summed E-state index contributed by atoms with van der Waals surface area (Å²) in [6, 6.07) is -0.0351. The lowest BCUT2D eigenvalue weighted by molar-refractivity contribution is -0.130. The van der Waals surface area contributed by atoms with E-state index in [1.54, 1.807) is 6.26 Å². The molecule has 5 heteroatoms. The van der Waals surface area contributed by atoms with Crippen LogP contribution < -0.4 is 5.32 Å². The predicted molar refractivity (Wildman–Crippen MR) is 75.7 cm³/mol. The highest BCUT2D eigenvalue weighted by molar-refractivity contribution is 7.84. The minimum atomic E-state index is -0.768. The van der Waals surface area contributed by atoms with Crippen molar-refractivity contribution in [3.05, 3.63) is 0 Å². The van der Waals surface area contributed by atoms with Crippen LogP contribution in [0.2, 0.25) is 0 Å². The lowest BCUT2D eigenvalue weighted by atomic mass is 9.99. The summed E-state index contributed by atoms with van der Waals surface area (Å²) in [6.45, 7) is 7.04. The van der Waals surface area contributed by atoms with Crippen LogP contribution in [0, 0.1) is 5.92 Å². The molecular weight excluding hydrogens is 248 g/mol. The first kappa shape index (κ1) is 15.6. The van der Waals surface area contributed by atoms with Crippen molar-refractivity contribution in [2.45, 2.75) is 52.2 Å². The predicted octanol–water partition coefficient (Wildman–Crippen LogP) is 1.34. The highest BCUT2D eigenvalue weighted by Crippen LogP contribution is 2.21. The summed E-state index contributed by atoms with van der Waals surface area (Å²) in [5.74, 6) is 1.27. The normalized spacial score (nSPS) is 27.6. The van der Waals surface area contributed by atoms with Crippen molar-refractivity contribution < 1.29 is 9.00 Å². The van der Waals surface area contributed by atoms with Gasteiger partial charge in [0, 0.05) is 29.4 Å². The number of nitrogens with one attached hydrogen (secondary N) is 1. The van der Waals surface area contributed by atoms with E-state index in [1.807, 2.05) is 4.90 Å². The molecular formula is C13H26N2O2S. The standard InChI is InChI=1S/C13H26N2O2S/c1-5-10(3)12-13(16)15(11(6-2)14-12)8-7-9-18(4)17/h10-12,14H,5-9H2,1-4H3. The van der Waals surface area contributed by atoms with Crippen LogP contribution in [0.3, 0.4) is 0 Å². The van der Waals surface area contributed by atoms with Crippen molar-refractivity contribution in [3.63, 3.8) is 0 Å². The first-order valence-corrected chi connectivity index (χ1v) is 8.60. The van der Waals surface area contributed by atoms with Gasteiger partial charge in [-0.2, -0.15) is 0 Å². The van der Waals surface area contributed by atoms with E-state index in [4.69, 9.17) is 0 Å². The molecule has 0 bridgehead atoms. The summed E-state index contributed by atoms with van der Waals surface area (Å²) in [5.41, 5.74) is 0. The molecule has 1 amide bonds. The number of hydrogen-bond acceptors (Lipinski definition) is 3. The maximum atomic E-state index is 12.3. The van der Waals surface area contributed by atoms with Gasteiger partial charge in [0.25, 0.3) is 0 Å². The van der Waals surface area contributed by atoms with Gasteiger partial charge < -0.3 is 4.90 Å². The molecule has 0 aliphatic carbocycles. The topological polar surface area (TPSA) is 49.4 Å². The van der Waals surface area contributed by atoms with Gasteiger partial charge in [-0.3, -0.25) is 14.3 Å². The summed E-state index contributed by atoms with van der Waals surface area (Å²) >= 11 is 0. The third-order valence-corrected chi connectivity index (χ3v) is 4.59. The Morgan fingerprint density at radius 2 is 2.11 bits per heavy atom. The first-order chi connectivity index (χ1) is 8.51. The Labute approximate surface area is 113 Å². The van der Waals surface area contributed by atoms with Crippen LogP contribution in [-0.2, 0) is 15.6 Å². The maximum absolute atomic E-state index is 12.3. The van der Waals surface area contributed by atoms with Gasteiger partial charge in [0.1, 0.15) is 0 Å². The average Bonchev–Trinajstić information content (AvgIpc) is 2.65. The molecule has 1 rings (SSSR count). The minimum absolute atomic E-state index is 0.0351. The molecule has 1 N–H and O–H groups in total. The summed E-state index contributed by atoms with van der Waals surface area (Å²) < 4.78 is 11.1. The summed E-state index contributed by atoms with van der Waals surface area (Å²) in [5, 5.41) is 3.43. The smallest absolute Gasteiger partial charge is 0.241 e. The number of rotatable bonds is 7. The van der Waals surface area contributed by atoms with Crippen LogP contribution >= 0.6 is 0 Å². The van der Waals surface area contributed by atoms with Crippen molar-refractivity contribution in [1.29, 1.82) is 0 Å². The summed E-state index contributed by atoms with van der Waals surface area (Å²) in [7, 11) is -0.768. The summed E-state index contributed by atoms with van der Waals surface area (Å²) in [6.07, 6.45) is 4.62. The molecule has 0 aromatic carbocycles. The molecule has 1 heterocycles. The van der Waals surface area contributed by atoms with E-state index in [-0.39, 0.29) is 18.1 Å². The highest BCUT2D eigenvalue weighted by Gasteiger charge is 2.39. The molecule has 0 aromatic rings. The van der Waals surface area contributed by atoms with Gasteiger partial charge in [-0.05, 0) is 18.8 Å². The van der Waals surface area contributed by atoms with E-state index in [1.165, 1.54) is 0 Å². The van der Waals surface area contributed by atoms with Gasteiger partial charge in [-0.25, -0.2) is 0 Å². The molecule has 0 spiro atoms. The zero-order valence-corrected chi connectivity index (χ0v) is 12.8. The van der Waals surface area contributed by atoms with E-state index in [2.05, 4.69) is 26.1 Å². The first-order valence-electron chi connectivity index (χ1n) is 6.87.